The summed E-state index contributed by atoms with van der Waals surface area (Å²) in [6, 6.07) is 4.22. The van der Waals surface area contributed by atoms with Crippen LogP contribution >= 0.6 is 0 Å². The van der Waals surface area contributed by atoms with Crippen molar-refractivity contribution in [2.45, 2.75) is 19.9 Å². The summed E-state index contributed by atoms with van der Waals surface area (Å²) in [5.41, 5.74) is 0.460. The van der Waals surface area contributed by atoms with E-state index in [0.717, 1.165) is 6.26 Å². The number of methoxy groups -OCH3 is 2. The Kier molecular flexibility index (Phi) is 6.68. The number of nitrogens with one attached hydrogen (secondary N) is 1. The number of hydrogen-bond acceptors (Lipinski definition) is 5. The van der Waals surface area contributed by atoms with E-state index in [1.54, 1.807) is 32.0 Å². The van der Waals surface area contributed by atoms with Gasteiger partial charge in [0.2, 0.25) is 0 Å². The van der Waals surface area contributed by atoms with Gasteiger partial charge in [-0.15, -0.1) is 0 Å². The van der Waals surface area contributed by atoms with Crippen molar-refractivity contribution in [3.05, 3.63) is 18.2 Å². The summed E-state index contributed by atoms with van der Waals surface area (Å²) in [6.45, 7) is 3.88. The van der Waals surface area contributed by atoms with Gasteiger partial charge in [-0.25, -0.2) is 13.2 Å². The van der Waals surface area contributed by atoms with E-state index in [2.05, 4.69) is 5.32 Å². The summed E-state index contributed by atoms with van der Waals surface area (Å²) in [4.78, 5) is 13.9. The van der Waals surface area contributed by atoms with E-state index < -0.39 is 21.9 Å². The molecule has 1 atom stereocenters. The van der Waals surface area contributed by atoms with Crippen molar-refractivity contribution in [2.75, 3.05) is 38.1 Å². The number of amides is 2. The molecule has 0 aromatic heterocycles. The number of urea groups is 1. The lowest BCUT2D eigenvalue weighted by molar-refractivity contribution is 0.201. The second-order valence-corrected chi connectivity index (χ2v) is 7.41. The first kappa shape index (κ1) is 19.1. The van der Waals surface area contributed by atoms with Crippen molar-refractivity contribution in [1.82, 2.24) is 4.90 Å². The molecule has 0 saturated carbocycles. The summed E-state index contributed by atoms with van der Waals surface area (Å²) in [5.74, 6) is 0.975. The Morgan fingerprint density at radius 2 is 1.96 bits per heavy atom. The highest BCUT2D eigenvalue weighted by Crippen LogP contribution is 2.29. The Bertz CT molecular complexity index is 645. The first-order chi connectivity index (χ1) is 10.7. The molecule has 1 aromatic rings. The molecule has 0 bridgehead atoms. The fourth-order valence-corrected chi connectivity index (χ4v) is 3.34. The van der Waals surface area contributed by atoms with Gasteiger partial charge in [-0.1, -0.05) is 0 Å². The predicted molar refractivity (Wildman–Crippen MR) is 90.1 cm³/mol. The normalized spacial score (nSPS) is 12.4. The molecule has 1 rings (SSSR count). The van der Waals surface area contributed by atoms with Gasteiger partial charge in [-0.2, -0.15) is 0 Å². The molecule has 2 amide bonds. The molecule has 0 saturated heterocycles. The Labute approximate surface area is 137 Å². The van der Waals surface area contributed by atoms with E-state index in [-0.39, 0.29) is 5.75 Å². The Morgan fingerprint density at radius 1 is 1.30 bits per heavy atom. The maximum Gasteiger partial charge on any atom is 0.322 e. The molecular formula is C15H24N2O5S. The quantitative estimate of drug-likeness (QED) is 0.818. The van der Waals surface area contributed by atoms with Crippen LogP contribution in [0.15, 0.2) is 18.2 Å². The zero-order valence-electron chi connectivity index (χ0n) is 14.1. The Balaban J connectivity index is 2.96. The smallest absolute Gasteiger partial charge is 0.322 e. The largest absolute Gasteiger partial charge is 0.497 e. The number of carbonyl (C=O) groups excluding carboxylic acids is 1. The molecule has 0 aliphatic heterocycles. The lowest BCUT2D eigenvalue weighted by Crippen LogP contribution is -2.44. The monoisotopic (exact) mass is 344 g/mol. The highest BCUT2D eigenvalue weighted by molar-refractivity contribution is 7.90. The second kappa shape index (κ2) is 8.05. The van der Waals surface area contributed by atoms with Crippen LogP contribution in [-0.2, 0) is 9.84 Å². The molecule has 0 heterocycles. The van der Waals surface area contributed by atoms with Crippen molar-refractivity contribution in [1.29, 1.82) is 0 Å². The number of ether oxygens (including phenoxy) is 2. The van der Waals surface area contributed by atoms with Crippen LogP contribution in [0, 0.1) is 0 Å². The van der Waals surface area contributed by atoms with Crippen LogP contribution in [-0.4, -0.2) is 58.2 Å². The molecule has 0 aliphatic rings. The number of nitrogens with zero attached hydrogens (tertiary/aromatic N) is 1. The molecule has 23 heavy (non-hydrogen) atoms. The van der Waals surface area contributed by atoms with Crippen LogP contribution in [0.3, 0.4) is 0 Å². The molecule has 8 heteroatoms. The summed E-state index contributed by atoms with van der Waals surface area (Å²) in [5, 5.41) is 2.74. The maximum atomic E-state index is 12.5. The molecule has 1 N–H and O–H groups in total. The minimum atomic E-state index is -3.17. The number of hydrogen-bond donors (Lipinski definition) is 1. The first-order valence-electron chi connectivity index (χ1n) is 7.19. The van der Waals surface area contributed by atoms with Crippen molar-refractivity contribution >= 4 is 21.6 Å². The highest BCUT2D eigenvalue weighted by Gasteiger charge is 2.23. The van der Waals surface area contributed by atoms with Crippen molar-refractivity contribution in [3.8, 4) is 11.5 Å². The van der Waals surface area contributed by atoms with Crippen molar-refractivity contribution < 1.29 is 22.7 Å². The van der Waals surface area contributed by atoms with Crippen LogP contribution in [0.25, 0.3) is 0 Å². The topological polar surface area (TPSA) is 84.9 Å². The third-order valence-corrected chi connectivity index (χ3v) is 4.41. The molecule has 0 spiro atoms. The van der Waals surface area contributed by atoms with Crippen LogP contribution in [0.1, 0.15) is 13.8 Å². The summed E-state index contributed by atoms with van der Waals surface area (Å²) < 4.78 is 33.2. The van der Waals surface area contributed by atoms with Crippen LogP contribution < -0.4 is 14.8 Å². The predicted octanol–water partition coefficient (Wildman–Crippen LogP) is 1.99. The lowest BCUT2D eigenvalue weighted by atomic mass is 10.2. The summed E-state index contributed by atoms with van der Waals surface area (Å²) in [7, 11) is -0.146. The zero-order valence-corrected chi connectivity index (χ0v) is 14.9. The fourth-order valence-electron chi connectivity index (χ4n) is 2.28. The van der Waals surface area contributed by atoms with Gasteiger partial charge < -0.3 is 19.7 Å². The van der Waals surface area contributed by atoms with E-state index in [9.17, 15) is 13.2 Å². The van der Waals surface area contributed by atoms with E-state index in [0.29, 0.717) is 23.7 Å². The van der Waals surface area contributed by atoms with Gasteiger partial charge in [0.15, 0.2) is 0 Å². The average molecular weight is 344 g/mol. The second-order valence-electron chi connectivity index (χ2n) is 5.22. The molecule has 0 aliphatic carbocycles. The Hall–Kier alpha value is -1.96. The van der Waals surface area contributed by atoms with Gasteiger partial charge >= 0.3 is 6.03 Å². The molecule has 130 valence electrons. The number of rotatable bonds is 7. The van der Waals surface area contributed by atoms with Crippen LogP contribution in [0.5, 0.6) is 11.5 Å². The molecule has 1 unspecified atom stereocenters. The molecule has 0 radical (unpaired) electrons. The van der Waals surface area contributed by atoms with E-state index >= 15 is 0 Å². The van der Waals surface area contributed by atoms with Crippen molar-refractivity contribution in [3.63, 3.8) is 0 Å². The average Bonchev–Trinajstić information content (AvgIpc) is 2.45. The minimum Gasteiger partial charge on any atom is -0.497 e. The third kappa shape index (κ3) is 5.63. The minimum absolute atomic E-state index is 0.0937. The molecular weight excluding hydrogens is 320 g/mol. The maximum absolute atomic E-state index is 12.5. The number of anilines is 1. The first-order valence-corrected chi connectivity index (χ1v) is 9.25. The molecule has 1 aromatic carbocycles. The van der Waals surface area contributed by atoms with Crippen LogP contribution in [0.2, 0.25) is 0 Å². The summed E-state index contributed by atoms with van der Waals surface area (Å²) >= 11 is 0. The van der Waals surface area contributed by atoms with Crippen LogP contribution in [0.4, 0.5) is 10.5 Å². The van der Waals surface area contributed by atoms with Gasteiger partial charge in [-0.05, 0) is 26.0 Å². The fraction of sp³-hybridized carbons (Fsp3) is 0.533. The van der Waals surface area contributed by atoms with Gasteiger partial charge in [0.25, 0.3) is 0 Å². The third-order valence-electron chi connectivity index (χ3n) is 3.33. The summed E-state index contributed by atoms with van der Waals surface area (Å²) in [6.07, 6.45) is 1.15. The Morgan fingerprint density at radius 3 is 2.43 bits per heavy atom. The zero-order chi connectivity index (χ0) is 17.6. The SMILES string of the molecule is CCN(C(=O)Nc1cc(OC)ccc1OC)C(C)CS(C)(=O)=O. The number of carbonyl (C=O) groups is 1. The van der Waals surface area contributed by atoms with E-state index in [4.69, 9.17) is 9.47 Å². The van der Waals surface area contributed by atoms with Gasteiger partial charge in [0.05, 0.1) is 25.7 Å². The van der Waals surface area contributed by atoms with E-state index in [1.165, 1.54) is 19.1 Å². The van der Waals surface area contributed by atoms with Crippen molar-refractivity contribution in [2.24, 2.45) is 0 Å². The van der Waals surface area contributed by atoms with E-state index in [1.807, 2.05) is 0 Å². The van der Waals surface area contributed by atoms with Gasteiger partial charge in [0, 0.05) is 24.9 Å². The number of sulfone groups is 1. The highest BCUT2D eigenvalue weighted by atomic mass is 32.2. The standard InChI is InChI=1S/C15H24N2O5S/c1-6-17(11(2)10-23(5,19)20)15(18)16-13-9-12(21-3)7-8-14(13)22-4/h7-9,11H,6,10H2,1-5H3,(H,16,18). The van der Waals surface area contributed by atoms with Gasteiger partial charge in [0.1, 0.15) is 21.3 Å². The molecule has 0 fully saturated rings. The number of benzene rings is 1. The van der Waals surface area contributed by atoms with Gasteiger partial charge in [-0.3, -0.25) is 0 Å². The molecule has 7 nitrogen and oxygen atoms in total. The lowest BCUT2D eigenvalue weighted by Gasteiger charge is -2.28.